The van der Waals surface area contributed by atoms with E-state index in [1.54, 1.807) is 6.20 Å². The molecule has 0 saturated heterocycles. The zero-order valence-corrected chi connectivity index (χ0v) is 11.8. The average molecular weight is 246 g/mol. The molecule has 1 aromatic rings. The first-order chi connectivity index (χ1) is 8.26. The fraction of sp³-hybridized carbons (Fsp3) is 0.400. The van der Waals surface area contributed by atoms with Crippen LogP contribution in [0.3, 0.4) is 0 Å². The minimum absolute atomic E-state index is 0.0627. The molecule has 0 unspecified atom stereocenters. The summed E-state index contributed by atoms with van der Waals surface area (Å²) in [6.07, 6.45) is 3.63. The number of allylic oxidation sites excluding steroid dienone is 1. The van der Waals surface area contributed by atoms with Crippen LogP contribution in [0.4, 0.5) is 10.5 Å². The Bertz CT molecular complexity index is 436. The third-order valence-electron chi connectivity index (χ3n) is 2.28. The first kappa shape index (κ1) is 14.3. The number of urea groups is 1. The van der Waals surface area contributed by atoms with Gasteiger partial charge in [0.05, 0.1) is 0 Å². The van der Waals surface area contributed by atoms with Gasteiger partial charge in [-0.2, -0.15) is 0 Å². The van der Waals surface area contributed by atoms with Gasteiger partial charge < -0.3 is 10.6 Å². The van der Waals surface area contributed by atoms with Gasteiger partial charge in [0.15, 0.2) is 0 Å². The van der Waals surface area contributed by atoms with Crippen LogP contribution in [0, 0.1) is 19.3 Å². The van der Waals surface area contributed by atoms with Crippen LogP contribution >= 0.6 is 0 Å². The summed E-state index contributed by atoms with van der Waals surface area (Å²) in [7, 11) is 0. The molecule has 0 radical (unpaired) electrons. The predicted octanol–water partition coefficient (Wildman–Crippen LogP) is 3.98. The molecule has 0 fully saturated rings. The fourth-order valence-corrected chi connectivity index (χ4v) is 1.58. The van der Waals surface area contributed by atoms with Crippen molar-refractivity contribution in [3.63, 3.8) is 0 Å². The molecule has 0 atom stereocenters. The van der Waals surface area contributed by atoms with Gasteiger partial charge in [0.2, 0.25) is 0 Å². The summed E-state index contributed by atoms with van der Waals surface area (Å²) >= 11 is 0. The van der Waals surface area contributed by atoms with Gasteiger partial charge in [-0.3, -0.25) is 0 Å². The summed E-state index contributed by atoms with van der Waals surface area (Å²) in [4.78, 5) is 11.6. The topological polar surface area (TPSA) is 41.1 Å². The van der Waals surface area contributed by atoms with Gasteiger partial charge in [-0.25, -0.2) is 4.79 Å². The van der Waals surface area contributed by atoms with E-state index >= 15 is 0 Å². The zero-order valence-electron chi connectivity index (χ0n) is 11.8. The van der Waals surface area contributed by atoms with Crippen molar-refractivity contribution >= 4 is 11.7 Å². The van der Waals surface area contributed by atoms with Crippen molar-refractivity contribution in [1.82, 2.24) is 5.32 Å². The summed E-state index contributed by atoms with van der Waals surface area (Å²) in [5.74, 6) is 0. The number of carbonyl (C=O) groups is 1. The van der Waals surface area contributed by atoms with Gasteiger partial charge in [-0.1, -0.05) is 32.9 Å². The summed E-state index contributed by atoms with van der Waals surface area (Å²) in [6.45, 7) is 10.2. The molecule has 1 rings (SSSR count). The van der Waals surface area contributed by atoms with Crippen molar-refractivity contribution in [1.29, 1.82) is 0 Å². The first-order valence-electron chi connectivity index (χ1n) is 6.10. The van der Waals surface area contributed by atoms with Gasteiger partial charge >= 0.3 is 6.03 Å². The number of hydrogen-bond donors (Lipinski definition) is 2. The third kappa shape index (κ3) is 5.53. The molecule has 0 heterocycles. The second kappa shape index (κ2) is 5.71. The lowest BCUT2D eigenvalue weighted by Crippen LogP contribution is -2.24. The minimum atomic E-state index is -0.222. The predicted molar refractivity (Wildman–Crippen MR) is 76.7 cm³/mol. The van der Waals surface area contributed by atoms with Crippen LogP contribution in [0.2, 0.25) is 0 Å². The van der Waals surface area contributed by atoms with E-state index in [1.807, 2.05) is 32.1 Å². The standard InChI is InChI=1S/C15H22N2O/c1-11-8-12(2)10-13(9-11)17-14(18)16-7-6-15(3,4)5/h6-10H,1-5H3,(H2,16,17,18)/b7-6+. The Morgan fingerprint density at radius 1 is 1.11 bits per heavy atom. The number of amides is 2. The number of hydrogen-bond acceptors (Lipinski definition) is 1. The molecule has 18 heavy (non-hydrogen) atoms. The van der Waals surface area contributed by atoms with Crippen molar-refractivity contribution in [3.8, 4) is 0 Å². The second-order valence-electron chi connectivity index (χ2n) is 5.67. The maximum Gasteiger partial charge on any atom is 0.323 e. The van der Waals surface area contributed by atoms with Gasteiger partial charge in [0.25, 0.3) is 0 Å². The van der Waals surface area contributed by atoms with Gasteiger partial charge in [0, 0.05) is 11.9 Å². The second-order valence-corrected chi connectivity index (χ2v) is 5.67. The molecular weight excluding hydrogens is 224 g/mol. The largest absolute Gasteiger partial charge is 0.323 e. The number of anilines is 1. The number of aryl methyl sites for hydroxylation is 2. The normalized spacial score (nSPS) is 11.6. The van der Waals surface area contributed by atoms with Gasteiger partial charge in [-0.15, -0.1) is 0 Å². The number of nitrogens with one attached hydrogen (secondary N) is 2. The highest BCUT2D eigenvalue weighted by molar-refractivity contribution is 5.90. The molecule has 0 bridgehead atoms. The maximum atomic E-state index is 11.6. The van der Waals surface area contributed by atoms with Crippen LogP contribution in [0.1, 0.15) is 31.9 Å². The molecule has 0 aromatic heterocycles. The molecule has 2 amide bonds. The van der Waals surface area contributed by atoms with E-state index in [-0.39, 0.29) is 11.4 Å². The maximum absolute atomic E-state index is 11.6. The highest BCUT2D eigenvalue weighted by atomic mass is 16.2. The van der Waals surface area contributed by atoms with Crippen LogP contribution < -0.4 is 10.6 Å². The van der Waals surface area contributed by atoms with Crippen molar-refractivity contribution in [3.05, 3.63) is 41.6 Å². The Labute approximate surface area is 109 Å². The molecule has 0 saturated carbocycles. The summed E-state index contributed by atoms with van der Waals surface area (Å²) in [6, 6.07) is 5.74. The molecule has 0 aliphatic heterocycles. The van der Waals surface area contributed by atoms with Crippen LogP contribution in [0.15, 0.2) is 30.5 Å². The molecule has 0 aliphatic carbocycles. The molecule has 2 N–H and O–H groups in total. The van der Waals surface area contributed by atoms with E-state index in [0.29, 0.717) is 0 Å². The van der Waals surface area contributed by atoms with Gasteiger partial charge in [0.1, 0.15) is 0 Å². The SMILES string of the molecule is Cc1cc(C)cc(NC(=O)N/C=C/C(C)(C)C)c1. The number of rotatable bonds is 2. The monoisotopic (exact) mass is 246 g/mol. The zero-order chi connectivity index (χ0) is 13.8. The van der Waals surface area contributed by atoms with E-state index in [2.05, 4.69) is 37.5 Å². The Balaban J connectivity index is 2.57. The third-order valence-corrected chi connectivity index (χ3v) is 2.28. The van der Waals surface area contributed by atoms with Crippen molar-refractivity contribution in [2.45, 2.75) is 34.6 Å². The Hall–Kier alpha value is -1.77. The average Bonchev–Trinajstić information content (AvgIpc) is 2.12. The van der Waals surface area contributed by atoms with Crippen molar-refractivity contribution in [2.24, 2.45) is 5.41 Å². The quantitative estimate of drug-likeness (QED) is 0.814. The highest BCUT2D eigenvalue weighted by Crippen LogP contribution is 2.14. The van der Waals surface area contributed by atoms with Crippen LogP contribution in [-0.2, 0) is 0 Å². The molecule has 1 aromatic carbocycles. The van der Waals surface area contributed by atoms with Crippen LogP contribution in [-0.4, -0.2) is 6.03 Å². The lowest BCUT2D eigenvalue weighted by molar-refractivity contribution is 0.255. The fourth-order valence-electron chi connectivity index (χ4n) is 1.58. The Kier molecular flexibility index (Phi) is 4.54. The van der Waals surface area contributed by atoms with Crippen molar-refractivity contribution in [2.75, 3.05) is 5.32 Å². The van der Waals surface area contributed by atoms with Gasteiger partial charge in [-0.05, 0) is 42.5 Å². The first-order valence-corrected chi connectivity index (χ1v) is 6.10. The highest BCUT2D eigenvalue weighted by Gasteiger charge is 2.04. The van der Waals surface area contributed by atoms with E-state index in [9.17, 15) is 4.79 Å². The number of carbonyl (C=O) groups excluding carboxylic acids is 1. The van der Waals surface area contributed by atoms with Crippen LogP contribution in [0.5, 0.6) is 0 Å². The lowest BCUT2D eigenvalue weighted by atomic mass is 9.97. The molecule has 98 valence electrons. The molecular formula is C15H22N2O. The summed E-state index contributed by atoms with van der Waals surface area (Å²) < 4.78 is 0. The smallest absolute Gasteiger partial charge is 0.315 e. The van der Waals surface area contributed by atoms with Crippen LogP contribution in [0.25, 0.3) is 0 Å². The van der Waals surface area contributed by atoms with Crippen molar-refractivity contribution < 1.29 is 4.79 Å². The Morgan fingerprint density at radius 3 is 2.17 bits per heavy atom. The van der Waals surface area contributed by atoms with E-state index in [1.165, 1.54) is 0 Å². The van der Waals surface area contributed by atoms with E-state index in [4.69, 9.17) is 0 Å². The van der Waals surface area contributed by atoms with E-state index < -0.39 is 0 Å². The summed E-state index contributed by atoms with van der Waals surface area (Å²) in [5.41, 5.74) is 3.15. The summed E-state index contributed by atoms with van der Waals surface area (Å²) in [5, 5.41) is 5.50. The molecule has 0 aliphatic rings. The lowest BCUT2D eigenvalue weighted by Gasteiger charge is -2.11. The Morgan fingerprint density at radius 2 is 1.67 bits per heavy atom. The van der Waals surface area contributed by atoms with E-state index in [0.717, 1.165) is 16.8 Å². The molecule has 3 heteroatoms. The molecule has 3 nitrogen and oxygen atoms in total. The molecule has 0 spiro atoms. The minimum Gasteiger partial charge on any atom is -0.315 e. The number of benzene rings is 1.